The maximum Gasteiger partial charge on any atom is 0.296 e. The molecule has 1 aliphatic rings. The molecule has 7 nitrogen and oxygen atoms in total. The van der Waals surface area contributed by atoms with Crippen molar-refractivity contribution in [1.82, 2.24) is 4.98 Å². The first-order valence-electron chi connectivity index (χ1n) is 7.61. The van der Waals surface area contributed by atoms with E-state index < -0.39 is 23.5 Å². The Morgan fingerprint density at radius 3 is 2.58 bits per heavy atom. The summed E-state index contributed by atoms with van der Waals surface area (Å²) in [5.41, 5.74) is 0.455. The number of aromatic nitrogens is 1. The summed E-state index contributed by atoms with van der Waals surface area (Å²) in [5.74, 6) is -1.87. The maximum absolute atomic E-state index is 12.9. The highest BCUT2D eigenvalue weighted by molar-refractivity contribution is 7.13. The summed E-state index contributed by atoms with van der Waals surface area (Å²) >= 11 is 1.21. The fourth-order valence-corrected chi connectivity index (χ4v) is 3.55. The summed E-state index contributed by atoms with van der Waals surface area (Å²) in [6, 6.07) is 8.20. The van der Waals surface area contributed by atoms with E-state index in [-0.39, 0.29) is 17.1 Å². The molecule has 1 aliphatic heterocycles. The highest BCUT2D eigenvalue weighted by Gasteiger charge is 2.46. The molecule has 26 heavy (non-hydrogen) atoms. The highest BCUT2D eigenvalue weighted by atomic mass is 32.1. The van der Waals surface area contributed by atoms with Gasteiger partial charge < -0.3 is 14.6 Å². The second kappa shape index (κ2) is 6.16. The molecule has 0 bridgehead atoms. The Hall–Kier alpha value is -3.39. The van der Waals surface area contributed by atoms with Crippen LogP contribution in [0.5, 0.6) is 5.75 Å². The van der Waals surface area contributed by atoms with Crippen molar-refractivity contribution in [3.8, 4) is 5.75 Å². The number of hydrogen-bond donors (Lipinski definition) is 2. The van der Waals surface area contributed by atoms with Crippen molar-refractivity contribution in [3.63, 3.8) is 0 Å². The molecule has 4 rings (SSSR count). The van der Waals surface area contributed by atoms with Crippen LogP contribution in [-0.2, 0) is 4.79 Å². The van der Waals surface area contributed by atoms with E-state index in [1.165, 1.54) is 46.9 Å². The number of carbonyl (C=O) groups is 2. The molecule has 0 aliphatic carbocycles. The lowest BCUT2D eigenvalue weighted by atomic mass is 9.95. The van der Waals surface area contributed by atoms with Crippen molar-refractivity contribution < 1.29 is 24.2 Å². The fraction of sp³-hybridized carbons (Fsp3) is 0.0556. The van der Waals surface area contributed by atoms with Crippen LogP contribution in [0.3, 0.4) is 0 Å². The van der Waals surface area contributed by atoms with Gasteiger partial charge in [-0.2, -0.15) is 0 Å². The number of carbonyl (C=O) groups excluding carboxylic acids is 2. The predicted octanol–water partition coefficient (Wildman–Crippen LogP) is 3.22. The van der Waals surface area contributed by atoms with E-state index in [4.69, 9.17) is 4.42 Å². The summed E-state index contributed by atoms with van der Waals surface area (Å²) < 4.78 is 5.14. The van der Waals surface area contributed by atoms with E-state index in [1.54, 1.807) is 23.6 Å². The van der Waals surface area contributed by atoms with E-state index in [0.29, 0.717) is 10.7 Å². The average Bonchev–Trinajstić information content (AvgIpc) is 3.38. The Kier molecular flexibility index (Phi) is 3.81. The molecule has 130 valence electrons. The predicted molar refractivity (Wildman–Crippen MR) is 93.1 cm³/mol. The van der Waals surface area contributed by atoms with Crippen LogP contribution in [0.1, 0.15) is 22.2 Å². The Morgan fingerprint density at radius 2 is 1.96 bits per heavy atom. The van der Waals surface area contributed by atoms with Crippen LogP contribution in [0.2, 0.25) is 0 Å². The summed E-state index contributed by atoms with van der Waals surface area (Å²) in [4.78, 5) is 31.0. The summed E-state index contributed by atoms with van der Waals surface area (Å²) in [5, 5.41) is 22.0. The number of phenols is 1. The van der Waals surface area contributed by atoms with Crippen molar-refractivity contribution in [1.29, 1.82) is 0 Å². The molecule has 1 amide bonds. The van der Waals surface area contributed by atoms with Gasteiger partial charge in [0.25, 0.3) is 5.91 Å². The van der Waals surface area contributed by atoms with Gasteiger partial charge >= 0.3 is 0 Å². The lowest BCUT2D eigenvalue weighted by Crippen LogP contribution is -2.30. The zero-order valence-electron chi connectivity index (χ0n) is 13.2. The van der Waals surface area contributed by atoms with Gasteiger partial charge in [0, 0.05) is 11.6 Å². The monoisotopic (exact) mass is 368 g/mol. The van der Waals surface area contributed by atoms with Gasteiger partial charge in [-0.25, -0.2) is 4.98 Å². The average molecular weight is 368 g/mol. The number of rotatable bonds is 4. The summed E-state index contributed by atoms with van der Waals surface area (Å²) in [7, 11) is 0. The Balaban J connectivity index is 1.88. The number of phenolic OH excluding ortho intramolecular Hbond substituents is 1. The number of aromatic hydroxyl groups is 1. The minimum absolute atomic E-state index is 0.0177. The first kappa shape index (κ1) is 16.1. The second-order valence-electron chi connectivity index (χ2n) is 5.55. The van der Waals surface area contributed by atoms with E-state index in [9.17, 15) is 19.8 Å². The van der Waals surface area contributed by atoms with Gasteiger partial charge in [0.05, 0.1) is 17.9 Å². The highest BCUT2D eigenvalue weighted by Crippen LogP contribution is 2.42. The minimum Gasteiger partial charge on any atom is -0.508 e. The minimum atomic E-state index is -0.883. The number of amides is 1. The smallest absolute Gasteiger partial charge is 0.296 e. The number of Topliss-reactive ketones (excluding diaryl/α,β-unsaturated/α-hetero) is 1. The van der Waals surface area contributed by atoms with Gasteiger partial charge in [-0.3, -0.25) is 14.5 Å². The Morgan fingerprint density at radius 1 is 1.19 bits per heavy atom. The van der Waals surface area contributed by atoms with Crippen molar-refractivity contribution in [3.05, 3.63) is 76.9 Å². The standard InChI is InChI=1S/C18H12N2O5S/c21-11-5-3-10(4-6-11)14-13(15(22)12-2-1-8-25-12)16(23)17(24)20(14)18-19-7-9-26-18/h1-9,14,21,23H/t14-/m0/s1. The molecule has 0 radical (unpaired) electrons. The van der Waals surface area contributed by atoms with E-state index in [1.807, 2.05) is 0 Å². The molecular weight excluding hydrogens is 356 g/mol. The molecule has 3 heterocycles. The van der Waals surface area contributed by atoms with Crippen LogP contribution in [0.15, 0.2) is 70.0 Å². The van der Waals surface area contributed by atoms with Gasteiger partial charge in [-0.1, -0.05) is 12.1 Å². The first-order valence-corrected chi connectivity index (χ1v) is 8.49. The number of hydrogen-bond acceptors (Lipinski definition) is 7. The van der Waals surface area contributed by atoms with Gasteiger partial charge in [-0.15, -0.1) is 11.3 Å². The summed E-state index contributed by atoms with van der Waals surface area (Å²) in [6.07, 6.45) is 2.88. The molecule has 3 aromatic rings. The van der Waals surface area contributed by atoms with Crippen LogP contribution in [0.4, 0.5) is 5.13 Å². The number of benzene rings is 1. The third-order valence-corrected chi connectivity index (χ3v) is 4.80. The van der Waals surface area contributed by atoms with Gasteiger partial charge in [0.2, 0.25) is 5.78 Å². The second-order valence-corrected chi connectivity index (χ2v) is 6.43. The SMILES string of the molecule is O=C(C1=C(O)C(=O)N(c2nccs2)[C@H]1c1ccc(O)cc1)c1ccco1. The number of anilines is 1. The van der Waals surface area contributed by atoms with Crippen molar-refractivity contribution in [2.45, 2.75) is 6.04 Å². The third kappa shape index (κ3) is 2.47. The molecular formula is C18H12N2O5S. The number of aliphatic hydroxyl groups excluding tert-OH is 1. The van der Waals surface area contributed by atoms with Crippen LogP contribution >= 0.6 is 11.3 Å². The molecule has 0 saturated carbocycles. The van der Waals surface area contributed by atoms with Crippen LogP contribution in [0.25, 0.3) is 0 Å². The summed E-state index contributed by atoms with van der Waals surface area (Å²) in [6.45, 7) is 0. The first-order chi connectivity index (χ1) is 12.6. The molecule has 0 unspecified atom stereocenters. The number of nitrogens with zero attached hydrogens (tertiary/aromatic N) is 2. The van der Waals surface area contributed by atoms with Crippen LogP contribution in [-0.4, -0.2) is 26.9 Å². The molecule has 8 heteroatoms. The Bertz CT molecular complexity index is 991. The van der Waals surface area contributed by atoms with E-state index in [2.05, 4.69) is 4.98 Å². The van der Waals surface area contributed by atoms with Crippen LogP contribution in [0, 0.1) is 0 Å². The molecule has 1 aromatic carbocycles. The zero-order chi connectivity index (χ0) is 18.3. The van der Waals surface area contributed by atoms with Gasteiger partial charge in [0.15, 0.2) is 16.7 Å². The number of ketones is 1. The topological polar surface area (TPSA) is 104 Å². The maximum atomic E-state index is 12.9. The Labute approximate surface area is 151 Å². The molecule has 1 atom stereocenters. The third-order valence-electron chi connectivity index (χ3n) is 4.03. The molecule has 2 N–H and O–H groups in total. The number of thiazole rings is 1. The van der Waals surface area contributed by atoms with Crippen LogP contribution < -0.4 is 4.90 Å². The van der Waals surface area contributed by atoms with Crippen molar-refractivity contribution in [2.24, 2.45) is 0 Å². The fourth-order valence-electron chi connectivity index (χ4n) is 2.88. The largest absolute Gasteiger partial charge is 0.508 e. The van der Waals surface area contributed by atoms with E-state index >= 15 is 0 Å². The zero-order valence-corrected chi connectivity index (χ0v) is 14.0. The lowest BCUT2D eigenvalue weighted by Gasteiger charge is -2.24. The van der Waals surface area contributed by atoms with Gasteiger partial charge in [0.1, 0.15) is 5.75 Å². The number of aliphatic hydroxyl groups is 1. The molecule has 2 aromatic heterocycles. The van der Waals surface area contributed by atoms with E-state index in [0.717, 1.165) is 0 Å². The molecule has 0 spiro atoms. The van der Waals surface area contributed by atoms with Crippen molar-refractivity contribution >= 4 is 28.2 Å². The van der Waals surface area contributed by atoms with Gasteiger partial charge in [-0.05, 0) is 29.8 Å². The van der Waals surface area contributed by atoms with Crippen molar-refractivity contribution in [2.75, 3.05) is 4.90 Å². The quantitative estimate of drug-likeness (QED) is 0.685. The molecule has 0 fully saturated rings. The number of furan rings is 1. The lowest BCUT2D eigenvalue weighted by molar-refractivity contribution is -0.117. The normalized spacial score (nSPS) is 17.2. The molecule has 0 saturated heterocycles.